The zero-order valence-electron chi connectivity index (χ0n) is 18.7. The molecule has 1 aromatic carbocycles. The second-order valence-corrected chi connectivity index (χ2v) is 8.46. The van der Waals surface area contributed by atoms with E-state index in [1.54, 1.807) is 35.1 Å². The minimum absolute atomic E-state index is 0.0222. The van der Waals surface area contributed by atoms with Crippen molar-refractivity contribution in [2.24, 2.45) is 0 Å². The number of aliphatic carboxylic acids is 1. The number of pyridine rings is 1. The molecular formula is C24H22N8O2. The number of aromatic nitrogens is 6. The third kappa shape index (κ3) is 5.05. The fourth-order valence-corrected chi connectivity index (χ4v) is 3.57. The van der Waals surface area contributed by atoms with Crippen LogP contribution in [0, 0.1) is 11.3 Å². The van der Waals surface area contributed by atoms with E-state index in [9.17, 15) is 9.90 Å². The highest BCUT2D eigenvalue weighted by atomic mass is 16.4. The zero-order valence-corrected chi connectivity index (χ0v) is 18.7. The van der Waals surface area contributed by atoms with E-state index in [0.29, 0.717) is 34.9 Å². The molecule has 0 atom stereocenters. The third-order valence-electron chi connectivity index (χ3n) is 5.25. The first kappa shape index (κ1) is 22.5. The van der Waals surface area contributed by atoms with Crippen molar-refractivity contribution in [3.05, 3.63) is 71.7 Å². The molecule has 0 bridgehead atoms. The highest BCUT2D eigenvalue weighted by Gasteiger charge is 2.25. The van der Waals surface area contributed by atoms with E-state index in [1.807, 2.05) is 38.1 Å². The summed E-state index contributed by atoms with van der Waals surface area (Å²) < 4.78 is 1.62. The summed E-state index contributed by atoms with van der Waals surface area (Å²) in [5, 5.41) is 26.7. The molecule has 0 fully saturated rings. The smallest absolute Gasteiger partial charge is 0.304 e. The van der Waals surface area contributed by atoms with E-state index >= 15 is 0 Å². The molecule has 3 heterocycles. The Morgan fingerprint density at radius 2 is 1.85 bits per heavy atom. The van der Waals surface area contributed by atoms with Crippen LogP contribution in [0.25, 0.3) is 22.6 Å². The summed E-state index contributed by atoms with van der Waals surface area (Å²) in [6.07, 6.45) is 1.71. The molecule has 10 heteroatoms. The van der Waals surface area contributed by atoms with Crippen molar-refractivity contribution in [3.63, 3.8) is 0 Å². The van der Waals surface area contributed by atoms with Gasteiger partial charge in [0.15, 0.2) is 0 Å². The zero-order chi connectivity index (χ0) is 24.3. The SMILES string of the molecule is CC(C)(CC(=O)O)c1cccc(Cn2cc(-c3cc(-c4cccc(C#N)c4)nc(N)n3)nn2)n1. The van der Waals surface area contributed by atoms with Crippen LogP contribution in [-0.4, -0.2) is 41.0 Å². The Kier molecular flexibility index (Phi) is 6.01. The summed E-state index contributed by atoms with van der Waals surface area (Å²) in [5.41, 5.74) is 9.59. The van der Waals surface area contributed by atoms with E-state index in [0.717, 1.165) is 11.3 Å². The molecule has 34 heavy (non-hydrogen) atoms. The molecule has 0 radical (unpaired) electrons. The first-order valence-corrected chi connectivity index (χ1v) is 10.5. The van der Waals surface area contributed by atoms with Crippen LogP contribution in [-0.2, 0) is 16.8 Å². The predicted molar refractivity (Wildman–Crippen MR) is 124 cm³/mol. The quantitative estimate of drug-likeness (QED) is 0.428. The van der Waals surface area contributed by atoms with Crippen LogP contribution in [0.3, 0.4) is 0 Å². The van der Waals surface area contributed by atoms with Gasteiger partial charge in [0.1, 0.15) is 5.69 Å². The number of carbonyl (C=O) groups is 1. The molecule has 4 rings (SSSR count). The van der Waals surface area contributed by atoms with Gasteiger partial charge in [-0.3, -0.25) is 9.78 Å². The Bertz CT molecular complexity index is 1400. The molecule has 0 spiro atoms. The highest BCUT2D eigenvalue weighted by Crippen LogP contribution is 2.26. The summed E-state index contributed by atoms with van der Waals surface area (Å²) in [4.78, 5) is 24.4. The van der Waals surface area contributed by atoms with Gasteiger partial charge in [-0.15, -0.1) is 5.10 Å². The minimum atomic E-state index is -0.874. The third-order valence-corrected chi connectivity index (χ3v) is 5.25. The van der Waals surface area contributed by atoms with Crippen molar-refractivity contribution in [1.82, 2.24) is 29.9 Å². The average molecular weight is 454 g/mol. The molecule has 0 aliphatic heterocycles. The number of nitriles is 1. The predicted octanol–water partition coefficient (Wildman–Crippen LogP) is 3.05. The Hall–Kier alpha value is -4.65. The minimum Gasteiger partial charge on any atom is -0.481 e. The number of nitrogens with zero attached hydrogens (tertiary/aromatic N) is 7. The fourth-order valence-electron chi connectivity index (χ4n) is 3.57. The van der Waals surface area contributed by atoms with Gasteiger partial charge in [-0.25, -0.2) is 14.6 Å². The van der Waals surface area contributed by atoms with Gasteiger partial charge in [-0.05, 0) is 30.3 Å². The summed E-state index contributed by atoms with van der Waals surface area (Å²) in [5.74, 6) is -0.791. The van der Waals surface area contributed by atoms with Crippen LogP contribution in [0.2, 0.25) is 0 Å². The van der Waals surface area contributed by atoms with Crippen LogP contribution in [0.4, 0.5) is 5.95 Å². The number of nitrogen functional groups attached to an aromatic ring is 1. The van der Waals surface area contributed by atoms with Crippen molar-refractivity contribution < 1.29 is 9.90 Å². The highest BCUT2D eigenvalue weighted by molar-refractivity contribution is 5.69. The number of rotatable bonds is 7. The summed E-state index contributed by atoms with van der Waals surface area (Å²) in [6, 6.07) is 16.4. The van der Waals surface area contributed by atoms with Crippen LogP contribution in [0.15, 0.2) is 54.7 Å². The topological polar surface area (TPSA) is 156 Å². The van der Waals surface area contributed by atoms with E-state index in [2.05, 4.69) is 31.3 Å². The lowest BCUT2D eigenvalue weighted by atomic mass is 9.85. The van der Waals surface area contributed by atoms with Gasteiger partial charge in [-0.2, -0.15) is 5.26 Å². The van der Waals surface area contributed by atoms with Crippen LogP contribution < -0.4 is 5.73 Å². The van der Waals surface area contributed by atoms with E-state index in [4.69, 9.17) is 11.0 Å². The van der Waals surface area contributed by atoms with Crippen LogP contribution >= 0.6 is 0 Å². The Balaban J connectivity index is 1.59. The first-order chi connectivity index (χ1) is 16.2. The standard InChI is InChI=1S/C24H22N8O2/c1-24(2,11-22(33)34)21-8-4-7-17(27-21)13-32-14-20(30-31-32)19-10-18(28-23(26)29-19)16-6-3-5-15(9-16)12-25/h3-10,14H,11,13H2,1-2H3,(H,33,34)(H2,26,28,29). The molecule has 0 aliphatic carbocycles. The van der Waals surface area contributed by atoms with E-state index in [1.165, 1.54) is 0 Å². The fraction of sp³-hybridized carbons (Fsp3) is 0.208. The van der Waals surface area contributed by atoms with Gasteiger partial charge >= 0.3 is 5.97 Å². The average Bonchev–Trinajstić information content (AvgIpc) is 3.26. The second kappa shape index (κ2) is 9.07. The number of hydrogen-bond donors (Lipinski definition) is 2. The summed E-state index contributed by atoms with van der Waals surface area (Å²) in [6.45, 7) is 4.05. The number of benzene rings is 1. The molecule has 0 saturated carbocycles. The largest absolute Gasteiger partial charge is 0.481 e. The van der Waals surface area contributed by atoms with E-state index in [-0.39, 0.29) is 12.4 Å². The van der Waals surface area contributed by atoms with E-state index < -0.39 is 11.4 Å². The summed E-state index contributed by atoms with van der Waals surface area (Å²) in [7, 11) is 0. The van der Waals surface area contributed by atoms with Gasteiger partial charge in [0, 0.05) is 16.7 Å². The number of hydrogen-bond acceptors (Lipinski definition) is 8. The van der Waals surface area contributed by atoms with Crippen molar-refractivity contribution in [2.75, 3.05) is 5.73 Å². The van der Waals surface area contributed by atoms with Gasteiger partial charge in [-0.1, -0.05) is 37.3 Å². The number of anilines is 1. The molecule has 10 nitrogen and oxygen atoms in total. The Morgan fingerprint density at radius 3 is 2.62 bits per heavy atom. The molecular weight excluding hydrogens is 432 g/mol. The summed E-state index contributed by atoms with van der Waals surface area (Å²) >= 11 is 0. The molecule has 3 aromatic heterocycles. The number of carboxylic acid groups (broad SMARTS) is 1. The molecule has 3 N–H and O–H groups in total. The lowest BCUT2D eigenvalue weighted by molar-refractivity contribution is -0.138. The van der Waals surface area contributed by atoms with Crippen LogP contribution in [0.1, 0.15) is 37.2 Å². The van der Waals surface area contributed by atoms with Gasteiger partial charge in [0.2, 0.25) is 5.95 Å². The maximum atomic E-state index is 11.2. The second-order valence-electron chi connectivity index (χ2n) is 8.46. The maximum absolute atomic E-state index is 11.2. The lowest BCUT2D eigenvalue weighted by Crippen LogP contribution is -2.23. The molecule has 0 amide bonds. The van der Waals surface area contributed by atoms with Crippen molar-refractivity contribution >= 4 is 11.9 Å². The number of nitrogens with two attached hydrogens (primary N) is 1. The van der Waals surface area contributed by atoms with Gasteiger partial charge in [0.05, 0.1) is 47.9 Å². The lowest BCUT2D eigenvalue weighted by Gasteiger charge is -2.22. The van der Waals surface area contributed by atoms with Crippen molar-refractivity contribution in [3.8, 4) is 28.7 Å². The van der Waals surface area contributed by atoms with Gasteiger partial charge in [0.25, 0.3) is 0 Å². The van der Waals surface area contributed by atoms with Crippen LogP contribution in [0.5, 0.6) is 0 Å². The molecule has 0 aliphatic rings. The maximum Gasteiger partial charge on any atom is 0.304 e. The normalized spacial score (nSPS) is 11.2. The Labute approximate surface area is 195 Å². The monoisotopic (exact) mass is 454 g/mol. The van der Waals surface area contributed by atoms with Crippen molar-refractivity contribution in [2.45, 2.75) is 32.2 Å². The molecule has 170 valence electrons. The van der Waals surface area contributed by atoms with Gasteiger partial charge < -0.3 is 10.8 Å². The molecule has 0 unspecified atom stereocenters. The Morgan fingerprint density at radius 1 is 1.09 bits per heavy atom. The first-order valence-electron chi connectivity index (χ1n) is 10.5. The molecule has 0 saturated heterocycles. The van der Waals surface area contributed by atoms with Crippen molar-refractivity contribution in [1.29, 1.82) is 5.26 Å². The molecule has 4 aromatic rings. The number of carboxylic acids is 1.